The van der Waals surface area contributed by atoms with Crippen LogP contribution < -0.4 is 20.9 Å². The van der Waals surface area contributed by atoms with Crippen LogP contribution >= 0.6 is 0 Å². The van der Waals surface area contributed by atoms with Gasteiger partial charge in [-0.3, -0.25) is 9.80 Å². The highest BCUT2D eigenvalue weighted by Crippen LogP contribution is 2.35. The number of anilines is 3. The van der Waals surface area contributed by atoms with Crippen molar-refractivity contribution in [1.82, 2.24) is 15.3 Å². The number of nitrogens with two attached hydrogens (primary N) is 1. The first-order chi connectivity index (χ1) is 13.1. The highest BCUT2D eigenvalue weighted by Gasteiger charge is 2.38. The Morgan fingerprint density at radius 1 is 1.33 bits per heavy atom. The van der Waals surface area contributed by atoms with Crippen molar-refractivity contribution in [3.8, 4) is 0 Å². The monoisotopic (exact) mass is 370 g/mol. The van der Waals surface area contributed by atoms with Crippen molar-refractivity contribution >= 4 is 23.5 Å². The van der Waals surface area contributed by atoms with Crippen molar-refractivity contribution in [2.75, 3.05) is 28.6 Å². The van der Waals surface area contributed by atoms with Gasteiger partial charge >= 0.3 is 6.03 Å². The third-order valence-corrected chi connectivity index (χ3v) is 5.20. The summed E-state index contributed by atoms with van der Waals surface area (Å²) in [5.41, 5.74) is 7.57. The molecule has 1 aromatic heterocycles. The second-order valence-corrected chi connectivity index (χ2v) is 7.07. The zero-order valence-electron chi connectivity index (χ0n) is 15.3. The van der Waals surface area contributed by atoms with Crippen LogP contribution in [0.25, 0.3) is 0 Å². The van der Waals surface area contributed by atoms with Crippen LogP contribution in [-0.2, 0) is 6.54 Å². The predicted octanol–water partition coefficient (Wildman–Crippen LogP) is 2.60. The number of hydrogen-bond acceptors (Lipinski definition) is 5. The largest absolute Gasteiger partial charge is 0.368 e. The summed E-state index contributed by atoms with van der Waals surface area (Å²) in [6.45, 7) is 3.61. The molecular formula is C19H23FN6O. The van der Waals surface area contributed by atoms with Gasteiger partial charge in [0.05, 0.1) is 18.3 Å². The predicted molar refractivity (Wildman–Crippen MR) is 102 cm³/mol. The first kappa shape index (κ1) is 17.7. The van der Waals surface area contributed by atoms with Crippen LogP contribution in [0.2, 0.25) is 0 Å². The van der Waals surface area contributed by atoms with Crippen LogP contribution in [0.3, 0.4) is 0 Å². The van der Waals surface area contributed by atoms with Crippen LogP contribution in [0.5, 0.6) is 0 Å². The van der Waals surface area contributed by atoms with Crippen LogP contribution in [-0.4, -0.2) is 35.1 Å². The molecule has 1 fully saturated rings. The van der Waals surface area contributed by atoms with Gasteiger partial charge in [0.1, 0.15) is 11.6 Å². The lowest BCUT2D eigenvalue weighted by atomic mass is 10.1. The van der Waals surface area contributed by atoms with Gasteiger partial charge in [-0.1, -0.05) is 18.6 Å². The number of nitrogens with one attached hydrogen (secondary N) is 1. The summed E-state index contributed by atoms with van der Waals surface area (Å²) >= 11 is 0. The van der Waals surface area contributed by atoms with Gasteiger partial charge < -0.3 is 11.1 Å². The number of nitrogens with zero attached hydrogens (tertiary/aromatic N) is 4. The molecule has 0 radical (unpaired) electrons. The Hall–Kier alpha value is -2.74. The van der Waals surface area contributed by atoms with E-state index in [0.717, 1.165) is 31.4 Å². The molecule has 1 atom stereocenters. The van der Waals surface area contributed by atoms with E-state index in [1.165, 1.54) is 11.0 Å². The number of fused-ring (bicyclic) bond motifs is 1. The molecule has 4 rings (SSSR count). The topological polar surface area (TPSA) is 87.4 Å². The molecule has 0 bridgehead atoms. The van der Waals surface area contributed by atoms with Gasteiger partial charge in [-0.25, -0.2) is 14.2 Å². The molecule has 2 aromatic rings. The van der Waals surface area contributed by atoms with E-state index < -0.39 is 5.82 Å². The normalized spacial score (nSPS) is 20.4. The summed E-state index contributed by atoms with van der Waals surface area (Å²) in [6.07, 6.45) is 4.56. The Labute approximate surface area is 157 Å². The lowest BCUT2D eigenvalue weighted by Gasteiger charge is -2.40. The molecule has 3 N–H and O–H groups in total. The fraction of sp³-hybridized carbons (Fsp3) is 0.421. The second kappa shape index (κ2) is 7.11. The van der Waals surface area contributed by atoms with Crippen molar-refractivity contribution < 1.29 is 9.18 Å². The summed E-state index contributed by atoms with van der Waals surface area (Å²) in [4.78, 5) is 25.1. The van der Waals surface area contributed by atoms with E-state index in [1.807, 2.05) is 0 Å². The van der Waals surface area contributed by atoms with Crippen molar-refractivity contribution in [3.63, 3.8) is 0 Å². The standard InChI is InChI=1S/C19H23FN6O/c1-12-5-4-7-15(20)16(12)25-11-13-9-23-18(21)24-17(13)26(19(25)27)14-6-2-3-8-22-10-14/h4-5,7,9,14,22H,2-3,6,8,10-11H2,1H3,(H2,21,23,24)/t14-/m0/s1. The SMILES string of the molecule is Cc1cccc(F)c1N1Cc2cnc(N)nc2N([C@H]2CCCCNC2)C1=O. The van der Waals surface area contributed by atoms with E-state index >= 15 is 0 Å². The number of urea groups is 1. The molecular weight excluding hydrogens is 347 g/mol. The minimum atomic E-state index is -0.415. The Balaban J connectivity index is 1.81. The molecule has 2 aliphatic rings. The molecule has 1 aromatic carbocycles. The van der Waals surface area contributed by atoms with E-state index in [1.54, 1.807) is 30.2 Å². The van der Waals surface area contributed by atoms with E-state index in [2.05, 4.69) is 15.3 Å². The van der Waals surface area contributed by atoms with Crippen molar-refractivity contribution in [3.05, 3.63) is 41.3 Å². The fourth-order valence-corrected chi connectivity index (χ4v) is 3.88. The maximum absolute atomic E-state index is 14.6. The number of rotatable bonds is 2. The third kappa shape index (κ3) is 3.21. The number of carbonyl (C=O) groups is 1. The summed E-state index contributed by atoms with van der Waals surface area (Å²) < 4.78 is 14.6. The quantitative estimate of drug-likeness (QED) is 0.848. The highest BCUT2D eigenvalue weighted by atomic mass is 19.1. The average Bonchev–Trinajstić information content (AvgIpc) is 2.91. The Morgan fingerprint density at radius 3 is 3.00 bits per heavy atom. The van der Waals surface area contributed by atoms with Gasteiger partial charge in [-0.15, -0.1) is 0 Å². The molecule has 8 heteroatoms. The van der Waals surface area contributed by atoms with Crippen LogP contribution in [0.1, 0.15) is 30.4 Å². The lowest BCUT2D eigenvalue weighted by molar-refractivity contribution is 0.246. The smallest absolute Gasteiger partial charge is 0.330 e. The number of aryl methyl sites for hydroxylation is 1. The van der Waals surface area contributed by atoms with Crippen LogP contribution in [0.4, 0.5) is 26.6 Å². The molecule has 2 aliphatic heterocycles. The Kier molecular flexibility index (Phi) is 4.65. The van der Waals surface area contributed by atoms with E-state index in [0.29, 0.717) is 23.6 Å². The number of para-hydroxylation sites is 1. The van der Waals surface area contributed by atoms with Gasteiger partial charge in [0.15, 0.2) is 0 Å². The van der Waals surface area contributed by atoms with Crippen LogP contribution in [0, 0.1) is 12.7 Å². The second-order valence-electron chi connectivity index (χ2n) is 7.07. The lowest BCUT2D eigenvalue weighted by Crippen LogP contribution is -2.55. The van der Waals surface area contributed by atoms with Gasteiger partial charge in [0, 0.05) is 18.3 Å². The van der Waals surface area contributed by atoms with Gasteiger partial charge in [-0.2, -0.15) is 4.98 Å². The number of benzene rings is 1. The number of nitrogen functional groups attached to an aromatic ring is 1. The van der Waals surface area contributed by atoms with Gasteiger partial charge in [-0.05, 0) is 37.9 Å². The average molecular weight is 370 g/mol. The van der Waals surface area contributed by atoms with E-state index in [4.69, 9.17) is 5.73 Å². The van der Waals surface area contributed by atoms with Gasteiger partial charge in [0.25, 0.3) is 0 Å². The van der Waals surface area contributed by atoms with Crippen molar-refractivity contribution in [2.24, 2.45) is 0 Å². The Morgan fingerprint density at radius 2 is 2.19 bits per heavy atom. The van der Waals surface area contributed by atoms with Crippen molar-refractivity contribution in [1.29, 1.82) is 0 Å². The molecule has 0 saturated carbocycles. The fourth-order valence-electron chi connectivity index (χ4n) is 3.88. The summed E-state index contributed by atoms with van der Waals surface area (Å²) in [5, 5.41) is 3.38. The number of aromatic nitrogens is 2. The molecule has 0 unspecified atom stereocenters. The summed E-state index contributed by atoms with van der Waals surface area (Å²) in [7, 11) is 0. The number of halogens is 1. The number of hydrogen-bond donors (Lipinski definition) is 2. The van der Waals surface area contributed by atoms with Gasteiger partial charge in [0.2, 0.25) is 5.95 Å². The minimum Gasteiger partial charge on any atom is -0.368 e. The number of carbonyl (C=O) groups excluding carboxylic acids is 1. The molecule has 2 amide bonds. The summed E-state index contributed by atoms with van der Waals surface area (Å²) in [5.74, 6) is 0.247. The zero-order valence-corrected chi connectivity index (χ0v) is 15.3. The third-order valence-electron chi connectivity index (χ3n) is 5.20. The molecule has 0 spiro atoms. The molecule has 142 valence electrons. The van der Waals surface area contributed by atoms with Crippen LogP contribution in [0.15, 0.2) is 24.4 Å². The first-order valence-corrected chi connectivity index (χ1v) is 9.24. The van der Waals surface area contributed by atoms with E-state index in [-0.39, 0.29) is 24.6 Å². The van der Waals surface area contributed by atoms with E-state index in [9.17, 15) is 9.18 Å². The highest BCUT2D eigenvalue weighted by molar-refractivity contribution is 6.06. The Bertz CT molecular complexity index is 845. The molecule has 7 nitrogen and oxygen atoms in total. The molecule has 3 heterocycles. The molecule has 0 aliphatic carbocycles. The van der Waals surface area contributed by atoms with Crippen molar-refractivity contribution in [2.45, 2.75) is 38.8 Å². The zero-order chi connectivity index (χ0) is 19.0. The minimum absolute atomic E-state index is 0.0667. The number of amides is 2. The molecule has 1 saturated heterocycles. The maximum atomic E-state index is 14.6. The molecule has 27 heavy (non-hydrogen) atoms. The maximum Gasteiger partial charge on any atom is 0.330 e. The first-order valence-electron chi connectivity index (χ1n) is 9.24. The summed E-state index contributed by atoms with van der Waals surface area (Å²) in [6, 6.07) is 4.48.